The average Bonchev–Trinajstić information content (AvgIpc) is 3.12. The Balaban J connectivity index is 1.41. The molecule has 0 atom stereocenters. The smallest absolute Gasteiger partial charge is 0.160 e. The van der Waals surface area contributed by atoms with Crippen LogP contribution >= 0.6 is 15.9 Å². The molecule has 0 fully saturated rings. The number of rotatable bonds is 4. The molecule has 0 bridgehead atoms. The number of nitrogens with one attached hydrogen (secondary N) is 1. The normalized spacial score (nSPS) is 11.2. The fourth-order valence-corrected chi connectivity index (χ4v) is 3.51. The van der Waals surface area contributed by atoms with E-state index >= 15 is 0 Å². The maximum Gasteiger partial charge on any atom is 0.160 e. The first-order valence-corrected chi connectivity index (χ1v) is 10.1. The van der Waals surface area contributed by atoms with Crippen molar-refractivity contribution >= 4 is 49.5 Å². The third-order valence-electron chi connectivity index (χ3n) is 4.77. The quantitative estimate of drug-likeness (QED) is 0.360. The van der Waals surface area contributed by atoms with E-state index in [4.69, 9.17) is 4.74 Å². The van der Waals surface area contributed by atoms with Crippen LogP contribution in [0.3, 0.4) is 0 Å². The van der Waals surface area contributed by atoms with E-state index in [-0.39, 0.29) is 4.60 Å². The summed E-state index contributed by atoms with van der Waals surface area (Å²) in [5.74, 6) is 1.39. The van der Waals surface area contributed by atoms with Crippen molar-refractivity contribution in [3.63, 3.8) is 0 Å². The molecule has 10 heteroatoms. The number of aryl methyl sites for hydroxylation is 2. The summed E-state index contributed by atoms with van der Waals surface area (Å²) in [6.45, 7) is 1.95. The zero-order chi connectivity index (χ0) is 21.5. The van der Waals surface area contributed by atoms with Crippen LogP contribution in [-0.2, 0) is 7.05 Å². The fourth-order valence-electron chi connectivity index (χ4n) is 3.22. The Bertz CT molecular complexity index is 1450. The van der Waals surface area contributed by atoms with E-state index in [2.05, 4.69) is 46.5 Å². The number of pyridine rings is 1. The zero-order valence-electron chi connectivity index (χ0n) is 16.5. The number of hydrogen-bond acceptors (Lipinski definition) is 7. The molecule has 1 N–H and O–H groups in total. The van der Waals surface area contributed by atoms with E-state index in [1.807, 2.05) is 50.4 Å². The van der Waals surface area contributed by atoms with Crippen LogP contribution in [0.5, 0.6) is 11.5 Å². The number of benzene rings is 2. The molecule has 154 valence electrons. The molecule has 0 aliphatic rings. The molecule has 5 aromatic rings. The molecule has 0 aliphatic carbocycles. The van der Waals surface area contributed by atoms with E-state index in [1.165, 1.54) is 12.4 Å². The Hall–Kier alpha value is -3.66. The lowest BCUT2D eigenvalue weighted by Gasteiger charge is -2.12. The van der Waals surface area contributed by atoms with Crippen LogP contribution in [0.2, 0.25) is 0 Å². The Labute approximate surface area is 184 Å². The van der Waals surface area contributed by atoms with Gasteiger partial charge in [-0.25, -0.2) is 24.0 Å². The standard InChI is InChI=1S/C21H15BrFN7O/c1-11-7-12(26-21-19-16(24-10-25-21)9-14(23)20(22)27-19)3-6-18(11)31-13-4-5-17-15(8-13)28-29-30(17)2/h3-10H,1-2H3,(H,24,25,26). The first-order chi connectivity index (χ1) is 15.0. The Morgan fingerprint density at radius 1 is 1.06 bits per heavy atom. The minimum absolute atomic E-state index is 0.109. The maximum absolute atomic E-state index is 13.8. The van der Waals surface area contributed by atoms with Gasteiger partial charge in [0.2, 0.25) is 0 Å². The topological polar surface area (TPSA) is 90.6 Å². The van der Waals surface area contributed by atoms with Crippen molar-refractivity contribution in [3.05, 3.63) is 64.8 Å². The molecule has 0 spiro atoms. The van der Waals surface area contributed by atoms with Crippen LogP contribution < -0.4 is 10.1 Å². The summed E-state index contributed by atoms with van der Waals surface area (Å²) >= 11 is 3.11. The van der Waals surface area contributed by atoms with Crippen molar-refractivity contribution in [1.29, 1.82) is 0 Å². The number of hydrogen-bond donors (Lipinski definition) is 1. The van der Waals surface area contributed by atoms with Gasteiger partial charge in [-0.3, -0.25) is 0 Å². The second-order valence-corrected chi connectivity index (χ2v) is 7.67. The molecule has 0 saturated carbocycles. The molecule has 2 aromatic carbocycles. The van der Waals surface area contributed by atoms with Crippen LogP contribution in [0.1, 0.15) is 5.56 Å². The molecule has 8 nitrogen and oxygen atoms in total. The number of aromatic nitrogens is 6. The lowest BCUT2D eigenvalue weighted by atomic mass is 10.2. The van der Waals surface area contributed by atoms with Gasteiger partial charge in [-0.05, 0) is 58.7 Å². The van der Waals surface area contributed by atoms with Crippen molar-refractivity contribution in [3.8, 4) is 11.5 Å². The van der Waals surface area contributed by atoms with Gasteiger partial charge in [0.25, 0.3) is 0 Å². The SMILES string of the molecule is Cc1cc(Nc2ncnc3cc(F)c(Br)nc23)ccc1Oc1ccc2c(c1)nnn2C. The third-order valence-corrected chi connectivity index (χ3v) is 5.32. The van der Waals surface area contributed by atoms with Crippen molar-refractivity contribution in [1.82, 2.24) is 29.9 Å². The monoisotopic (exact) mass is 479 g/mol. The minimum atomic E-state index is -0.478. The zero-order valence-corrected chi connectivity index (χ0v) is 18.1. The fraction of sp³-hybridized carbons (Fsp3) is 0.0952. The van der Waals surface area contributed by atoms with E-state index in [0.717, 1.165) is 22.3 Å². The molecule has 0 amide bonds. The van der Waals surface area contributed by atoms with Gasteiger partial charge in [0.15, 0.2) is 11.6 Å². The Morgan fingerprint density at radius 2 is 1.94 bits per heavy atom. The predicted molar refractivity (Wildman–Crippen MR) is 118 cm³/mol. The minimum Gasteiger partial charge on any atom is -0.457 e. The summed E-state index contributed by atoms with van der Waals surface area (Å²) in [5.41, 5.74) is 4.28. The van der Waals surface area contributed by atoms with Crippen LogP contribution in [0.25, 0.3) is 22.1 Å². The van der Waals surface area contributed by atoms with E-state index in [9.17, 15) is 4.39 Å². The molecule has 0 unspecified atom stereocenters. The number of fused-ring (bicyclic) bond motifs is 2. The highest BCUT2D eigenvalue weighted by molar-refractivity contribution is 9.10. The summed E-state index contributed by atoms with van der Waals surface area (Å²) < 4.78 is 21.6. The van der Waals surface area contributed by atoms with E-state index < -0.39 is 5.82 Å². The van der Waals surface area contributed by atoms with Gasteiger partial charge in [0.05, 0.1) is 11.0 Å². The van der Waals surface area contributed by atoms with Crippen LogP contribution in [0.15, 0.2) is 53.4 Å². The van der Waals surface area contributed by atoms with Gasteiger partial charge < -0.3 is 10.1 Å². The largest absolute Gasteiger partial charge is 0.457 e. The summed E-state index contributed by atoms with van der Waals surface area (Å²) in [7, 11) is 1.84. The van der Waals surface area contributed by atoms with Crippen molar-refractivity contribution in [2.45, 2.75) is 6.92 Å². The second kappa shape index (κ2) is 7.55. The van der Waals surface area contributed by atoms with Gasteiger partial charge in [-0.15, -0.1) is 5.10 Å². The van der Waals surface area contributed by atoms with Crippen molar-refractivity contribution < 1.29 is 9.13 Å². The number of halogens is 2. The van der Waals surface area contributed by atoms with E-state index in [0.29, 0.717) is 28.4 Å². The molecule has 5 rings (SSSR count). The van der Waals surface area contributed by atoms with Gasteiger partial charge in [0, 0.05) is 24.9 Å². The van der Waals surface area contributed by atoms with Crippen LogP contribution in [-0.4, -0.2) is 29.9 Å². The number of anilines is 2. The Morgan fingerprint density at radius 3 is 2.77 bits per heavy atom. The third kappa shape index (κ3) is 3.66. The highest BCUT2D eigenvalue weighted by atomic mass is 79.9. The van der Waals surface area contributed by atoms with E-state index in [1.54, 1.807) is 4.68 Å². The average molecular weight is 480 g/mol. The lowest BCUT2D eigenvalue weighted by molar-refractivity contribution is 0.479. The van der Waals surface area contributed by atoms with Gasteiger partial charge in [-0.2, -0.15) is 0 Å². The molecule has 0 saturated heterocycles. The van der Waals surface area contributed by atoms with Gasteiger partial charge >= 0.3 is 0 Å². The van der Waals surface area contributed by atoms with Crippen LogP contribution in [0, 0.1) is 12.7 Å². The molecular formula is C21H15BrFN7O. The Kier molecular flexibility index (Phi) is 4.70. The summed E-state index contributed by atoms with van der Waals surface area (Å²) in [6.07, 6.45) is 1.37. The first kappa shape index (κ1) is 19.3. The molecule has 3 aromatic heterocycles. The highest BCUT2D eigenvalue weighted by Gasteiger charge is 2.12. The van der Waals surface area contributed by atoms with Gasteiger partial charge in [0.1, 0.15) is 33.5 Å². The summed E-state index contributed by atoms with van der Waals surface area (Å²) in [5, 5.41) is 11.3. The van der Waals surface area contributed by atoms with Crippen molar-refractivity contribution in [2.75, 3.05) is 5.32 Å². The molecule has 3 heterocycles. The molecular weight excluding hydrogens is 465 g/mol. The molecule has 0 radical (unpaired) electrons. The van der Waals surface area contributed by atoms with Crippen LogP contribution in [0.4, 0.5) is 15.9 Å². The molecule has 31 heavy (non-hydrogen) atoms. The summed E-state index contributed by atoms with van der Waals surface area (Å²) in [6, 6.07) is 12.6. The maximum atomic E-state index is 13.8. The highest BCUT2D eigenvalue weighted by Crippen LogP contribution is 2.31. The first-order valence-electron chi connectivity index (χ1n) is 9.29. The lowest BCUT2D eigenvalue weighted by Crippen LogP contribution is -1.99. The second-order valence-electron chi connectivity index (χ2n) is 6.92. The number of ether oxygens (including phenoxy) is 1. The molecule has 0 aliphatic heterocycles. The summed E-state index contributed by atoms with van der Waals surface area (Å²) in [4.78, 5) is 12.5. The number of nitrogens with zero attached hydrogens (tertiary/aromatic N) is 6. The van der Waals surface area contributed by atoms with Gasteiger partial charge in [-0.1, -0.05) is 5.21 Å². The predicted octanol–water partition coefficient (Wildman–Crippen LogP) is 5.05. The van der Waals surface area contributed by atoms with Crippen molar-refractivity contribution in [2.24, 2.45) is 7.05 Å².